The summed E-state index contributed by atoms with van der Waals surface area (Å²) in [5, 5.41) is 2.83. The zero-order chi connectivity index (χ0) is 19.4. The van der Waals surface area contributed by atoms with Gasteiger partial charge in [-0.25, -0.2) is 4.99 Å². The lowest BCUT2D eigenvalue weighted by atomic mass is 10.1. The fourth-order valence-corrected chi connectivity index (χ4v) is 3.30. The average Bonchev–Trinajstić information content (AvgIpc) is 2.94. The van der Waals surface area contributed by atoms with Crippen molar-refractivity contribution in [2.45, 2.75) is 13.1 Å². The fourth-order valence-electron chi connectivity index (χ4n) is 2.41. The number of nitrogens with one attached hydrogen (secondary N) is 1. The smallest absolute Gasteiger partial charge is 0.300 e. The van der Waals surface area contributed by atoms with Gasteiger partial charge in [-0.1, -0.05) is 42.5 Å². The first-order valence-electron chi connectivity index (χ1n) is 8.01. The average molecular weight is 388 g/mol. The van der Waals surface area contributed by atoms with Crippen molar-refractivity contribution in [3.63, 3.8) is 0 Å². The number of hydrogen-bond donors (Lipinski definition) is 1. The number of nitrogens with zero attached hydrogens (tertiary/aromatic N) is 1. The maximum absolute atomic E-state index is 12.8. The summed E-state index contributed by atoms with van der Waals surface area (Å²) in [4.78, 5) is 16.6. The van der Waals surface area contributed by atoms with Crippen LogP contribution < -0.4 is 5.32 Å². The summed E-state index contributed by atoms with van der Waals surface area (Å²) in [6.45, 7) is 1.87. The highest BCUT2D eigenvalue weighted by molar-refractivity contribution is 8.18. The molecule has 0 bridgehead atoms. The quantitative estimate of drug-likeness (QED) is 0.701. The second-order valence-corrected chi connectivity index (χ2v) is 6.86. The molecule has 1 aliphatic rings. The Kier molecular flexibility index (Phi) is 5.51. The first-order valence-corrected chi connectivity index (χ1v) is 8.83. The number of halogens is 3. The summed E-state index contributed by atoms with van der Waals surface area (Å²) in [6, 6.07) is 14.3. The van der Waals surface area contributed by atoms with E-state index in [1.54, 1.807) is 6.08 Å². The zero-order valence-electron chi connectivity index (χ0n) is 14.2. The van der Waals surface area contributed by atoms with E-state index in [2.05, 4.69) is 10.3 Å². The number of carbonyl (C=O) groups excluding carboxylic acids is 1. The maximum Gasteiger partial charge on any atom is 0.416 e. The van der Waals surface area contributed by atoms with Crippen LogP contribution in [-0.4, -0.2) is 11.1 Å². The van der Waals surface area contributed by atoms with Gasteiger partial charge in [-0.3, -0.25) is 4.79 Å². The number of rotatable bonds is 3. The number of thioether (sulfide) groups is 1. The van der Waals surface area contributed by atoms with Crippen LogP contribution in [0.1, 0.15) is 18.1 Å². The third-order valence-electron chi connectivity index (χ3n) is 3.61. The van der Waals surface area contributed by atoms with Gasteiger partial charge in [0.25, 0.3) is 5.91 Å². The molecule has 1 heterocycles. The van der Waals surface area contributed by atoms with Crippen LogP contribution in [0.15, 0.2) is 76.1 Å². The Balaban J connectivity index is 1.79. The van der Waals surface area contributed by atoms with Crippen molar-refractivity contribution < 1.29 is 18.0 Å². The van der Waals surface area contributed by atoms with E-state index in [4.69, 9.17) is 0 Å². The topological polar surface area (TPSA) is 41.5 Å². The Hall–Kier alpha value is -2.80. The van der Waals surface area contributed by atoms with Gasteiger partial charge in [0, 0.05) is 0 Å². The van der Waals surface area contributed by atoms with Crippen molar-refractivity contribution in [2.24, 2.45) is 4.99 Å². The van der Waals surface area contributed by atoms with E-state index in [9.17, 15) is 18.0 Å². The Morgan fingerprint density at radius 1 is 1.11 bits per heavy atom. The summed E-state index contributed by atoms with van der Waals surface area (Å²) < 4.78 is 38.4. The number of carbonyl (C=O) groups is 1. The first kappa shape index (κ1) is 19.0. The molecule has 1 aliphatic heterocycles. The molecule has 27 heavy (non-hydrogen) atoms. The van der Waals surface area contributed by atoms with Gasteiger partial charge in [-0.15, -0.1) is 0 Å². The van der Waals surface area contributed by atoms with E-state index >= 15 is 0 Å². The minimum atomic E-state index is -4.44. The van der Waals surface area contributed by atoms with E-state index in [1.807, 2.05) is 43.3 Å². The summed E-state index contributed by atoms with van der Waals surface area (Å²) >= 11 is 1.09. The number of amidine groups is 1. The molecule has 7 heteroatoms. The Morgan fingerprint density at radius 2 is 1.85 bits per heavy atom. The molecule has 138 valence electrons. The first-order chi connectivity index (χ1) is 12.8. The summed E-state index contributed by atoms with van der Waals surface area (Å²) in [5.41, 5.74) is 1.23. The van der Waals surface area contributed by atoms with Gasteiger partial charge in [0.2, 0.25) is 0 Å². The normalized spacial score (nSPS) is 18.2. The molecule has 0 unspecified atom stereocenters. The summed E-state index contributed by atoms with van der Waals surface area (Å²) in [6.07, 6.45) is -0.781. The Labute approximate surface area is 158 Å². The number of alkyl halides is 3. The molecule has 1 amide bonds. The van der Waals surface area contributed by atoms with Crippen molar-refractivity contribution in [2.75, 3.05) is 0 Å². The number of benzene rings is 2. The molecule has 0 atom stereocenters. The number of allylic oxidation sites excluding steroid dienone is 2. The highest BCUT2D eigenvalue weighted by Gasteiger charge is 2.30. The van der Waals surface area contributed by atoms with Gasteiger partial charge in [-0.05, 0) is 54.1 Å². The van der Waals surface area contributed by atoms with Crippen LogP contribution in [0.5, 0.6) is 0 Å². The van der Waals surface area contributed by atoms with E-state index in [0.29, 0.717) is 4.91 Å². The molecular formula is C20H15F3N2OS. The molecule has 3 nitrogen and oxygen atoms in total. The second-order valence-electron chi connectivity index (χ2n) is 5.83. The molecule has 2 aromatic carbocycles. The maximum atomic E-state index is 12.8. The van der Waals surface area contributed by atoms with Crippen LogP contribution in [0.25, 0.3) is 6.08 Å². The van der Waals surface area contributed by atoms with Crippen LogP contribution in [0.4, 0.5) is 18.9 Å². The predicted octanol–water partition coefficient (Wildman–Crippen LogP) is 5.54. The molecule has 0 spiro atoms. The molecule has 2 aromatic rings. The van der Waals surface area contributed by atoms with Gasteiger partial charge >= 0.3 is 6.18 Å². The van der Waals surface area contributed by atoms with Crippen LogP contribution in [0.2, 0.25) is 0 Å². The van der Waals surface area contributed by atoms with Gasteiger partial charge < -0.3 is 5.32 Å². The van der Waals surface area contributed by atoms with Crippen molar-refractivity contribution in [1.29, 1.82) is 0 Å². The highest BCUT2D eigenvalue weighted by Crippen LogP contribution is 2.33. The predicted molar refractivity (Wildman–Crippen MR) is 102 cm³/mol. The van der Waals surface area contributed by atoms with Crippen LogP contribution in [-0.2, 0) is 11.0 Å². The standard InChI is InChI=1S/C20H15F3N2OS/c1-13(10-14-6-3-2-4-7-14)11-17-18(26)25-19(27-17)24-16-9-5-8-15(12-16)20(21,22)23/h2-12H,1H3,(H,24,25,26)/b13-10+,17-11-. The van der Waals surface area contributed by atoms with Crippen molar-refractivity contribution in [3.8, 4) is 0 Å². The molecule has 0 radical (unpaired) electrons. The molecular weight excluding hydrogens is 373 g/mol. The number of aliphatic imine (C=N–C) groups is 1. The number of hydrogen-bond acceptors (Lipinski definition) is 3. The van der Waals surface area contributed by atoms with Gasteiger partial charge in [0.1, 0.15) is 0 Å². The van der Waals surface area contributed by atoms with Crippen LogP contribution >= 0.6 is 11.8 Å². The largest absolute Gasteiger partial charge is 0.416 e. The lowest BCUT2D eigenvalue weighted by Crippen LogP contribution is -2.19. The molecule has 1 fully saturated rings. The van der Waals surface area contributed by atoms with Crippen molar-refractivity contribution in [3.05, 3.63) is 82.3 Å². The SMILES string of the molecule is CC(/C=C1\SC(=Nc2cccc(C(F)(F)F)c2)NC1=O)=C\c1ccccc1. The minimum absolute atomic E-state index is 0.130. The fraction of sp³-hybridized carbons (Fsp3) is 0.100. The van der Waals surface area contributed by atoms with E-state index in [0.717, 1.165) is 35.0 Å². The van der Waals surface area contributed by atoms with Crippen LogP contribution in [0, 0.1) is 0 Å². The lowest BCUT2D eigenvalue weighted by Gasteiger charge is -2.06. The van der Waals surface area contributed by atoms with Gasteiger partial charge in [0.15, 0.2) is 5.17 Å². The minimum Gasteiger partial charge on any atom is -0.300 e. The molecule has 1 N–H and O–H groups in total. The monoisotopic (exact) mass is 388 g/mol. The molecule has 0 aliphatic carbocycles. The summed E-state index contributed by atoms with van der Waals surface area (Å²) in [7, 11) is 0. The number of amides is 1. The van der Waals surface area contributed by atoms with E-state index in [-0.39, 0.29) is 16.8 Å². The van der Waals surface area contributed by atoms with Gasteiger partial charge in [-0.2, -0.15) is 13.2 Å². The summed E-state index contributed by atoms with van der Waals surface area (Å²) in [5.74, 6) is -0.327. The highest BCUT2D eigenvalue weighted by atomic mass is 32.2. The van der Waals surface area contributed by atoms with Crippen molar-refractivity contribution >= 4 is 34.6 Å². The second kappa shape index (κ2) is 7.84. The van der Waals surface area contributed by atoms with E-state index < -0.39 is 11.7 Å². The van der Waals surface area contributed by atoms with Crippen molar-refractivity contribution in [1.82, 2.24) is 5.32 Å². The lowest BCUT2D eigenvalue weighted by molar-refractivity contribution is -0.137. The molecule has 0 saturated carbocycles. The zero-order valence-corrected chi connectivity index (χ0v) is 15.1. The third kappa shape index (κ3) is 5.10. The molecule has 3 rings (SSSR count). The Bertz CT molecular complexity index is 947. The van der Waals surface area contributed by atoms with Gasteiger partial charge in [0.05, 0.1) is 16.2 Å². The Morgan fingerprint density at radius 3 is 2.56 bits per heavy atom. The van der Waals surface area contributed by atoms with E-state index in [1.165, 1.54) is 12.1 Å². The van der Waals surface area contributed by atoms with Crippen LogP contribution in [0.3, 0.4) is 0 Å². The molecule has 0 aromatic heterocycles. The third-order valence-corrected chi connectivity index (χ3v) is 4.52. The molecule has 1 saturated heterocycles.